The Labute approximate surface area is 129 Å². The summed E-state index contributed by atoms with van der Waals surface area (Å²) in [6, 6.07) is 5.95. The van der Waals surface area contributed by atoms with Gasteiger partial charge in [0.25, 0.3) is 5.91 Å². The number of rotatable bonds is 3. The number of hydrogen-bond donors (Lipinski definition) is 4. The summed E-state index contributed by atoms with van der Waals surface area (Å²) in [6.07, 6.45) is 1.02. The van der Waals surface area contributed by atoms with Gasteiger partial charge in [-0.05, 0) is 24.3 Å². The molecule has 0 aliphatic carbocycles. The summed E-state index contributed by atoms with van der Waals surface area (Å²) in [7, 11) is 0. The molecule has 0 atom stereocenters. The highest BCUT2D eigenvalue weighted by Crippen LogP contribution is 2.35. The molecule has 22 heavy (non-hydrogen) atoms. The first-order chi connectivity index (χ1) is 10.4. The number of aromatic hydroxyl groups is 3. The summed E-state index contributed by atoms with van der Waals surface area (Å²) in [5.41, 5.74) is 1.93. The average molecular weight is 325 g/mol. The number of phenolic OH excluding ortho intramolecular Hbond substituents is 3. The summed E-state index contributed by atoms with van der Waals surface area (Å²) < 4.78 is 13.5. The third kappa shape index (κ3) is 3.26. The number of phenols is 3. The Morgan fingerprint density at radius 3 is 2.45 bits per heavy atom. The molecule has 4 N–H and O–H groups in total. The molecule has 0 radical (unpaired) electrons. The van der Waals surface area contributed by atoms with E-state index < -0.39 is 29.0 Å². The molecule has 2 aromatic rings. The van der Waals surface area contributed by atoms with Crippen molar-refractivity contribution in [3.8, 4) is 17.2 Å². The molecular weight excluding hydrogens is 315 g/mol. The lowest BCUT2D eigenvalue weighted by atomic mass is 10.2. The summed E-state index contributed by atoms with van der Waals surface area (Å²) >= 11 is 5.78. The van der Waals surface area contributed by atoms with Gasteiger partial charge in [-0.1, -0.05) is 17.7 Å². The topological polar surface area (TPSA) is 102 Å². The van der Waals surface area contributed by atoms with Crippen LogP contribution in [0.3, 0.4) is 0 Å². The first-order valence-corrected chi connectivity index (χ1v) is 6.30. The third-order valence-corrected chi connectivity index (χ3v) is 3.02. The number of nitrogens with zero attached hydrogens (tertiary/aromatic N) is 1. The van der Waals surface area contributed by atoms with Crippen LogP contribution in [0, 0.1) is 5.82 Å². The van der Waals surface area contributed by atoms with E-state index in [1.165, 1.54) is 18.2 Å². The van der Waals surface area contributed by atoms with Gasteiger partial charge in [0.1, 0.15) is 5.82 Å². The van der Waals surface area contributed by atoms with Crippen LogP contribution in [-0.4, -0.2) is 27.4 Å². The maximum atomic E-state index is 13.5. The summed E-state index contributed by atoms with van der Waals surface area (Å²) in [6.45, 7) is 0. The Kier molecular flexibility index (Phi) is 4.47. The number of benzene rings is 2. The van der Waals surface area contributed by atoms with Gasteiger partial charge < -0.3 is 15.3 Å². The number of halogens is 2. The average Bonchev–Trinajstić information content (AvgIpc) is 2.47. The molecular formula is C14H10ClFN2O4. The SMILES string of the molecule is O=C(NN=Cc1c(F)cccc1Cl)c1cc(O)c(O)c(O)c1. The number of hydrazone groups is 1. The molecule has 6 nitrogen and oxygen atoms in total. The normalized spacial score (nSPS) is 10.8. The summed E-state index contributed by atoms with van der Waals surface area (Å²) in [5, 5.41) is 31.5. The van der Waals surface area contributed by atoms with Gasteiger partial charge in [-0.15, -0.1) is 0 Å². The van der Waals surface area contributed by atoms with Gasteiger partial charge in [0.05, 0.1) is 11.2 Å². The van der Waals surface area contributed by atoms with Crippen molar-refractivity contribution in [1.29, 1.82) is 0 Å². The molecule has 0 heterocycles. The van der Waals surface area contributed by atoms with Crippen LogP contribution in [0.2, 0.25) is 5.02 Å². The molecule has 0 unspecified atom stereocenters. The van der Waals surface area contributed by atoms with E-state index in [1.54, 1.807) is 0 Å². The molecule has 2 aromatic carbocycles. The van der Waals surface area contributed by atoms with Gasteiger partial charge in [0, 0.05) is 11.1 Å². The fourth-order valence-electron chi connectivity index (χ4n) is 1.59. The van der Waals surface area contributed by atoms with E-state index in [2.05, 4.69) is 10.5 Å². The molecule has 0 aliphatic heterocycles. The zero-order chi connectivity index (χ0) is 16.3. The minimum absolute atomic E-state index is 0.000803. The van der Waals surface area contributed by atoms with Gasteiger partial charge in [-0.25, -0.2) is 9.82 Å². The minimum Gasteiger partial charge on any atom is -0.504 e. The molecule has 0 bridgehead atoms. The molecule has 0 saturated carbocycles. The van der Waals surface area contributed by atoms with E-state index in [1.807, 2.05) is 0 Å². The molecule has 0 aromatic heterocycles. The molecule has 1 amide bonds. The minimum atomic E-state index is -0.783. The molecule has 0 saturated heterocycles. The number of carbonyl (C=O) groups is 1. The third-order valence-electron chi connectivity index (χ3n) is 2.69. The number of nitrogens with one attached hydrogen (secondary N) is 1. The van der Waals surface area contributed by atoms with E-state index in [9.17, 15) is 24.5 Å². The first-order valence-electron chi connectivity index (χ1n) is 5.92. The van der Waals surface area contributed by atoms with Crippen LogP contribution in [0.5, 0.6) is 17.2 Å². The van der Waals surface area contributed by atoms with Crippen LogP contribution in [0.25, 0.3) is 0 Å². The van der Waals surface area contributed by atoms with Crippen LogP contribution in [0.4, 0.5) is 4.39 Å². The van der Waals surface area contributed by atoms with E-state index in [0.29, 0.717) is 0 Å². The smallest absolute Gasteiger partial charge is 0.271 e. The molecule has 8 heteroatoms. The fraction of sp³-hybridized carbons (Fsp3) is 0. The predicted molar refractivity (Wildman–Crippen MR) is 77.9 cm³/mol. The van der Waals surface area contributed by atoms with Crippen molar-refractivity contribution in [1.82, 2.24) is 5.43 Å². The molecule has 0 fully saturated rings. The fourth-order valence-corrected chi connectivity index (χ4v) is 1.80. The molecule has 2 rings (SSSR count). The molecule has 0 spiro atoms. The van der Waals surface area contributed by atoms with E-state index in [4.69, 9.17) is 11.6 Å². The van der Waals surface area contributed by atoms with Gasteiger partial charge in [-0.2, -0.15) is 5.10 Å². The Morgan fingerprint density at radius 2 is 1.86 bits per heavy atom. The lowest BCUT2D eigenvalue weighted by molar-refractivity contribution is 0.0954. The summed E-state index contributed by atoms with van der Waals surface area (Å²) in [4.78, 5) is 11.8. The lowest BCUT2D eigenvalue weighted by Crippen LogP contribution is -2.17. The van der Waals surface area contributed by atoms with Crippen molar-refractivity contribution in [2.75, 3.05) is 0 Å². The highest BCUT2D eigenvalue weighted by atomic mass is 35.5. The monoisotopic (exact) mass is 324 g/mol. The predicted octanol–water partition coefficient (Wildman–Crippen LogP) is 2.36. The van der Waals surface area contributed by atoms with Crippen LogP contribution < -0.4 is 5.43 Å². The van der Waals surface area contributed by atoms with Gasteiger partial charge in [0.2, 0.25) is 0 Å². The van der Waals surface area contributed by atoms with Crippen molar-refractivity contribution in [2.24, 2.45) is 5.10 Å². The van der Waals surface area contributed by atoms with Crippen molar-refractivity contribution < 1.29 is 24.5 Å². The van der Waals surface area contributed by atoms with Crippen LogP contribution in [0.1, 0.15) is 15.9 Å². The van der Waals surface area contributed by atoms with Gasteiger partial charge in [-0.3, -0.25) is 4.79 Å². The maximum Gasteiger partial charge on any atom is 0.271 e. The van der Waals surface area contributed by atoms with Crippen LogP contribution >= 0.6 is 11.6 Å². The zero-order valence-electron chi connectivity index (χ0n) is 10.9. The highest BCUT2D eigenvalue weighted by Gasteiger charge is 2.13. The Bertz CT molecular complexity index is 721. The summed E-state index contributed by atoms with van der Waals surface area (Å²) in [5.74, 6) is -3.45. The van der Waals surface area contributed by atoms with Crippen molar-refractivity contribution >= 4 is 23.7 Å². The second-order valence-electron chi connectivity index (χ2n) is 4.20. The van der Waals surface area contributed by atoms with E-state index in [-0.39, 0.29) is 16.1 Å². The Hall–Kier alpha value is -2.80. The largest absolute Gasteiger partial charge is 0.504 e. The Balaban J connectivity index is 2.15. The Morgan fingerprint density at radius 1 is 1.23 bits per heavy atom. The standard InChI is InChI=1S/C14H10ClFN2O4/c15-9-2-1-3-10(16)8(9)6-17-18-14(22)7-4-11(19)13(21)12(20)5-7/h1-6,19-21H,(H,18,22). The van der Waals surface area contributed by atoms with Crippen molar-refractivity contribution in [3.05, 3.63) is 52.3 Å². The lowest BCUT2D eigenvalue weighted by Gasteiger charge is -2.04. The number of hydrogen-bond acceptors (Lipinski definition) is 5. The second-order valence-corrected chi connectivity index (χ2v) is 4.60. The molecule has 0 aliphatic rings. The zero-order valence-corrected chi connectivity index (χ0v) is 11.7. The first kappa shape index (κ1) is 15.6. The quantitative estimate of drug-likeness (QED) is 0.395. The van der Waals surface area contributed by atoms with Gasteiger partial charge in [0.15, 0.2) is 17.2 Å². The highest BCUT2D eigenvalue weighted by molar-refractivity contribution is 6.33. The number of carbonyl (C=O) groups excluding carboxylic acids is 1. The van der Waals surface area contributed by atoms with Crippen molar-refractivity contribution in [2.45, 2.75) is 0 Å². The van der Waals surface area contributed by atoms with Crippen LogP contribution in [-0.2, 0) is 0 Å². The van der Waals surface area contributed by atoms with E-state index >= 15 is 0 Å². The van der Waals surface area contributed by atoms with Crippen LogP contribution in [0.15, 0.2) is 35.4 Å². The molecule has 114 valence electrons. The van der Waals surface area contributed by atoms with Gasteiger partial charge >= 0.3 is 0 Å². The van der Waals surface area contributed by atoms with Crippen molar-refractivity contribution in [3.63, 3.8) is 0 Å². The second kappa shape index (κ2) is 6.31. The van der Waals surface area contributed by atoms with E-state index in [0.717, 1.165) is 18.3 Å². The number of amides is 1. The maximum absolute atomic E-state index is 13.5.